The van der Waals surface area contributed by atoms with Crippen molar-refractivity contribution in [2.45, 2.75) is 39.2 Å². The van der Waals surface area contributed by atoms with E-state index in [1.165, 1.54) is 0 Å². The predicted octanol–water partition coefficient (Wildman–Crippen LogP) is 3.22. The van der Waals surface area contributed by atoms with Gasteiger partial charge < -0.3 is 18.9 Å². The Balaban J connectivity index is 2.13. The van der Waals surface area contributed by atoms with E-state index in [0.29, 0.717) is 25.6 Å². The normalized spacial score (nSPS) is 11.3. The number of carbonyl (C=O) groups is 1. The van der Waals surface area contributed by atoms with E-state index in [9.17, 15) is 4.79 Å². The SMILES string of the molecule is CCCCOCCOCCOC(=O)C(C)(C)Oc1ccccc1. The monoisotopic (exact) mass is 324 g/mol. The van der Waals surface area contributed by atoms with Crippen molar-refractivity contribution in [2.24, 2.45) is 0 Å². The lowest BCUT2D eigenvalue weighted by atomic mass is 10.1. The third-order valence-corrected chi connectivity index (χ3v) is 3.08. The van der Waals surface area contributed by atoms with E-state index < -0.39 is 11.6 Å². The van der Waals surface area contributed by atoms with Gasteiger partial charge in [0.2, 0.25) is 0 Å². The molecule has 1 aromatic carbocycles. The number of para-hydroxylation sites is 1. The molecule has 0 atom stereocenters. The lowest BCUT2D eigenvalue weighted by molar-refractivity contribution is -0.160. The first-order chi connectivity index (χ1) is 11.1. The van der Waals surface area contributed by atoms with E-state index >= 15 is 0 Å². The van der Waals surface area contributed by atoms with Crippen LogP contribution in [0.4, 0.5) is 0 Å². The third kappa shape index (κ3) is 8.57. The minimum absolute atomic E-state index is 0.204. The molecule has 0 saturated carbocycles. The lowest BCUT2D eigenvalue weighted by Crippen LogP contribution is -2.40. The van der Waals surface area contributed by atoms with Gasteiger partial charge in [-0.3, -0.25) is 0 Å². The molecule has 1 rings (SSSR count). The van der Waals surface area contributed by atoms with Gasteiger partial charge in [-0.05, 0) is 32.4 Å². The van der Waals surface area contributed by atoms with Crippen molar-refractivity contribution in [3.05, 3.63) is 30.3 Å². The minimum atomic E-state index is -1.04. The Morgan fingerprint density at radius 3 is 2.22 bits per heavy atom. The molecule has 0 unspecified atom stereocenters. The van der Waals surface area contributed by atoms with Crippen molar-refractivity contribution < 1.29 is 23.7 Å². The highest BCUT2D eigenvalue weighted by Crippen LogP contribution is 2.18. The molecular weight excluding hydrogens is 296 g/mol. The van der Waals surface area contributed by atoms with E-state index in [1.807, 2.05) is 18.2 Å². The number of hydrogen-bond acceptors (Lipinski definition) is 5. The van der Waals surface area contributed by atoms with E-state index in [0.717, 1.165) is 19.4 Å². The summed E-state index contributed by atoms with van der Waals surface area (Å²) in [6.45, 7) is 7.88. The Morgan fingerprint density at radius 1 is 0.957 bits per heavy atom. The van der Waals surface area contributed by atoms with Crippen LogP contribution in [0.25, 0.3) is 0 Å². The standard InChI is InChI=1S/C18H28O5/c1-4-5-11-20-12-13-21-14-15-22-17(19)18(2,3)23-16-9-7-6-8-10-16/h6-10H,4-5,11-15H2,1-3H3. The molecular formula is C18H28O5. The Morgan fingerprint density at radius 2 is 1.57 bits per heavy atom. The second kappa shape index (κ2) is 11.0. The van der Waals surface area contributed by atoms with Crippen molar-refractivity contribution >= 4 is 5.97 Å². The molecule has 0 aliphatic rings. The molecule has 0 saturated heterocycles. The van der Waals surface area contributed by atoms with Gasteiger partial charge in [0.1, 0.15) is 12.4 Å². The number of ether oxygens (including phenoxy) is 4. The summed E-state index contributed by atoms with van der Waals surface area (Å²) >= 11 is 0. The quantitative estimate of drug-likeness (QED) is 0.436. The number of hydrogen-bond donors (Lipinski definition) is 0. The van der Waals surface area contributed by atoms with Crippen LogP contribution >= 0.6 is 0 Å². The van der Waals surface area contributed by atoms with Crippen LogP contribution in [0.15, 0.2) is 30.3 Å². The largest absolute Gasteiger partial charge is 0.476 e. The summed E-state index contributed by atoms with van der Waals surface area (Å²) in [5, 5.41) is 0. The summed E-state index contributed by atoms with van der Waals surface area (Å²) in [6.07, 6.45) is 2.19. The van der Waals surface area contributed by atoms with E-state index in [-0.39, 0.29) is 6.61 Å². The van der Waals surface area contributed by atoms with Crippen LogP contribution in [-0.4, -0.2) is 44.6 Å². The van der Waals surface area contributed by atoms with Crippen LogP contribution in [0.1, 0.15) is 33.6 Å². The van der Waals surface area contributed by atoms with Crippen LogP contribution in [0.3, 0.4) is 0 Å². The Bertz CT molecular complexity index is 430. The highest BCUT2D eigenvalue weighted by Gasteiger charge is 2.31. The van der Waals surface area contributed by atoms with Gasteiger partial charge in [-0.15, -0.1) is 0 Å². The average Bonchev–Trinajstić information content (AvgIpc) is 2.53. The Kier molecular flexibility index (Phi) is 9.33. The smallest absolute Gasteiger partial charge is 0.349 e. The van der Waals surface area contributed by atoms with Crippen LogP contribution in [0.5, 0.6) is 5.75 Å². The van der Waals surface area contributed by atoms with Gasteiger partial charge in [-0.2, -0.15) is 0 Å². The average molecular weight is 324 g/mol. The summed E-state index contributed by atoms with van der Waals surface area (Å²) < 4.78 is 21.6. The lowest BCUT2D eigenvalue weighted by Gasteiger charge is -2.24. The zero-order valence-electron chi connectivity index (χ0n) is 14.4. The highest BCUT2D eigenvalue weighted by molar-refractivity contribution is 5.79. The molecule has 5 nitrogen and oxygen atoms in total. The number of benzene rings is 1. The molecule has 0 heterocycles. The van der Waals surface area contributed by atoms with Gasteiger partial charge in [0.25, 0.3) is 0 Å². The van der Waals surface area contributed by atoms with Crippen LogP contribution in [0.2, 0.25) is 0 Å². The zero-order chi connectivity index (χ0) is 17.0. The van der Waals surface area contributed by atoms with Gasteiger partial charge in [0, 0.05) is 6.61 Å². The number of esters is 1. The maximum Gasteiger partial charge on any atom is 0.349 e. The van der Waals surface area contributed by atoms with Gasteiger partial charge in [0.15, 0.2) is 5.60 Å². The molecule has 0 aliphatic heterocycles. The summed E-state index contributed by atoms with van der Waals surface area (Å²) in [4.78, 5) is 12.0. The molecule has 130 valence electrons. The van der Waals surface area contributed by atoms with Crippen molar-refractivity contribution in [1.29, 1.82) is 0 Å². The fourth-order valence-electron chi connectivity index (χ4n) is 1.76. The first-order valence-corrected chi connectivity index (χ1v) is 8.13. The molecule has 0 aromatic heterocycles. The van der Waals surface area contributed by atoms with Crippen molar-refractivity contribution in [2.75, 3.05) is 33.0 Å². The summed E-state index contributed by atoms with van der Waals surface area (Å²) in [5.74, 6) is 0.221. The summed E-state index contributed by atoms with van der Waals surface area (Å²) in [6, 6.07) is 9.20. The number of carbonyl (C=O) groups excluding carboxylic acids is 1. The predicted molar refractivity (Wildman–Crippen MR) is 88.7 cm³/mol. The van der Waals surface area contributed by atoms with Gasteiger partial charge >= 0.3 is 5.97 Å². The third-order valence-electron chi connectivity index (χ3n) is 3.08. The van der Waals surface area contributed by atoms with Gasteiger partial charge in [0.05, 0.1) is 19.8 Å². The van der Waals surface area contributed by atoms with E-state index in [1.54, 1.807) is 26.0 Å². The molecule has 0 spiro atoms. The van der Waals surface area contributed by atoms with Gasteiger partial charge in [-0.25, -0.2) is 4.79 Å². The maximum absolute atomic E-state index is 12.0. The first-order valence-electron chi connectivity index (χ1n) is 8.13. The van der Waals surface area contributed by atoms with Crippen molar-refractivity contribution in [3.63, 3.8) is 0 Å². The molecule has 0 bridgehead atoms. The molecule has 0 fully saturated rings. The first kappa shape index (κ1) is 19.5. The molecule has 0 aliphatic carbocycles. The molecule has 0 amide bonds. The number of unbranched alkanes of at least 4 members (excludes halogenated alkanes) is 1. The van der Waals surface area contributed by atoms with E-state index in [2.05, 4.69) is 6.92 Å². The second-order valence-electron chi connectivity index (χ2n) is 5.64. The summed E-state index contributed by atoms with van der Waals surface area (Å²) in [5.41, 5.74) is -1.04. The van der Waals surface area contributed by atoms with E-state index in [4.69, 9.17) is 18.9 Å². The highest BCUT2D eigenvalue weighted by atomic mass is 16.6. The second-order valence-corrected chi connectivity index (χ2v) is 5.64. The minimum Gasteiger partial charge on any atom is -0.476 e. The maximum atomic E-state index is 12.0. The fraction of sp³-hybridized carbons (Fsp3) is 0.611. The van der Waals surface area contributed by atoms with Gasteiger partial charge in [-0.1, -0.05) is 31.5 Å². The zero-order valence-corrected chi connectivity index (χ0v) is 14.4. The number of rotatable bonds is 12. The Labute approximate surface area is 138 Å². The molecule has 23 heavy (non-hydrogen) atoms. The van der Waals surface area contributed by atoms with Crippen LogP contribution in [-0.2, 0) is 19.0 Å². The Hall–Kier alpha value is -1.59. The van der Waals surface area contributed by atoms with Crippen LogP contribution < -0.4 is 4.74 Å². The van der Waals surface area contributed by atoms with Crippen LogP contribution in [0, 0.1) is 0 Å². The molecule has 1 aromatic rings. The summed E-state index contributed by atoms with van der Waals surface area (Å²) in [7, 11) is 0. The van der Waals surface area contributed by atoms with Crippen molar-refractivity contribution in [1.82, 2.24) is 0 Å². The fourth-order valence-corrected chi connectivity index (χ4v) is 1.76. The van der Waals surface area contributed by atoms with Crippen molar-refractivity contribution in [3.8, 4) is 5.75 Å². The molecule has 0 radical (unpaired) electrons. The topological polar surface area (TPSA) is 54.0 Å². The molecule has 5 heteroatoms. The molecule has 0 N–H and O–H groups in total.